The Morgan fingerprint density at radius 1 is 1.18 bits per heavy atom. The van der Waals surface area contributed by atoms with E-state index in [0.717, 1.165) is 33.8 Å². The maximum atomic E-state index is 13.2. The Kier molecular flexibility index (Phi) is 7.29. The maximum absolute atomic E-state index is 13.2. The van der Waals surface area contributed by atoms with Crippen molar-refractivity contribution in [2.75, 3.05) is 38.2 Å². The van der Waals surface area contributed by atoms with E-state index in [1.165, 1.54) is 0 Å². The third-order valence-electron chi connectivity index (χ3n) is 5.01. The van der Waals surface area contributed by atoms with Gasteiger partial charge in [-0.3, -0.25) is 9.79 Å². The molecule has 168 valence electrons. The molecule has 0 aliphatic carbocycles. The second kappa shape index (κ2) is 10.5. The molecule has 4 aromatic rings. The molecule has 2 aromatic heterocycles. The lowest BCUT2D eigenvalue weighted by Crippen LogP contribution is -2.15. The van der Waals surface area contributed by atoms with Gasteiger partial charge in [0.1, 0.15) is 5.01 Å². The second-order valence-electron chi connectivity index (χ2n) is 7.75. The molecule has 2 heterocycles. The maximum Gasteiger partial charge on any atom is 0.255 e. The van der Waals surface area contributed by atoms with Crippen LogP contribution in [0.25, 0.3) is 21.7 Å². The molecule has 0 saturated heterocycles. The van der Waals surface area contributed by atoms with Crippen LogP contribution >= 0.6 is 22.7 Å². The normalized spacial score (nSPS) is 11.4. The molecule has 0 aliphatic rings. The summed E-state index contributed by atoms with van der Waals surface area (Å²) in [6.07, 6.45) is 3.53. The van der Waals surface area contributed by atoms with Gasteiger partial charge in [0.2, 0.25) is 0 Å². The molecule has 6 nitrogen and oxygen atoms in total. The standard InChI is InChI=1S/C25H25N5OS2/c1-30(2)9-7-27-15-20-13-23(21(14-22(20)26)19-6-10-32-16-19)29-24(31)17-4-3-5-18(12-17)25-28-8-11-33-25/h3-6,8,10-16H,7,9,26H2,1-2H3,(H,29,31). The van der Waals surface area contributed by atoms with E-state index in [-0.39, 0.29) is 5.91 Å². The largest absolute Gasteiger partial charge is 0.398 e. The van der Waals surface area contributed by atoms with Gasteiger partial charge in [0, 0.05) is 58.0 Å². The highest BCUT2D eigenvalue weighted by atomic mass is 32.1. The predicted octanol–water partition coefficient (Wildman–Crippen LogP) is 5.35. The van der Waals surface area contributed by atoms with Crippen molar-refractivity contribution in [3.05, 3.63) is 75.9 Å². The number of hydrogen-bond acceptors (Lipinski definition) is 7. The highest BCUT2D eigenvalue weighted by molar-refractivity contribution is 7.13. The average Bonchev–Trinajstić information content (AvgIpc) is 3.53. The minimum absolute atomic E-state index is 0.190. The summed E-state index contributed by atoms with van der Waals surface area (Å²) in [5.74, 6) is -0.190. The smallest absolute Gasteiger partial charge is 0.255 e. The van der Waals surface area contributed by atoms with E-state index in [1.807, 2.05) is 66.6 Å². The summed E-state index contributed by atoms with van der Waals surface area (Å²) >= 11 is 3.14. The van der Waals surface area contributed by atoms with Crippen molar-refractivity contribution in [2.45, 2.75) is 0 Å². The molecule has 4 rings (SSSR count). The number of rotatable bonds is 8. The van der Waals surface area contributed by atoms with Crippen LogP contribution in [0.2, 0.25) is 0 Å². The fourth-order valence-corrected chi connectivity index (χ4v) is 4.57. The number of likely N-dealkylation sites (N-methyl/N-ethyl adjacent to an activating group) is 1. The lowest BCUT2D eigenvalue weighted by Gasteiger charge is -2.14. The van der Waals surface area contributed by atoms with Crippen LogP contribution in [0, 0.1) is 0 Å². The van der Waals surface area contributed by atoms with Crippen LogP contribution in [-0.4, -0.2) is 49.2 Å². The number of hydrogen-bond donors (Lipinski definition) is 2. The third-order valence-corrected chi connectivity index (χ3v) is 6.52. The highest BCUT2D eigenvalue weighted by Crippen LogP contribution is 2.34. The number of carbonyl (C=O) groups excluding carboxylic acids is 1. The van der Waals surface area contributed by atoms with Crippen LogP contribution in [0.4, 0.5) is 11.4 Å². The fourth-order valence-electron chi connectivity index (χ4n) is 3.28. The number of nitrogens with two attached hydrogens (primary N) is 1. The molecule has 0 atom stereocenters. The number of aliphatic imine (C=N–C) groups is 1. The van der Waals surface area contributed by atoms with E-state index in [9.17, 15) is 4.79 Å². The minimum atomic E-state index is -0.190. The lowest BCUT2D eigenvalue weighted by atomic mass is 10.0. The summed E-state index contributed by atoms with van der Waals surface area (Å²) in [5.41, 5.74) is 11.8. The quantitative estimate of drug-likeness (QED) is 0.266. The van der Waals surface area contributed by atoms with Gasteiger partial charge < -0.3 is 16.0 Å². The van der Waals surface area contributed by atoms with Crippen molar-refractivity contribution >= 4 is 46.2 Å². The summed E-state index contributed by atoms with van der Waals surface area (Å²) in [6, 6.07) is 13.3. The van der Waals surface area contributed by atoms with Crippen molar-refractivity contribution < 1.29 is 4.79 Å². The van der Waals surface area contributed by atoms with Crippen LogP contribution in [0.15, 0.2) is 69.8 Å². The van der Waals surface area contributed by atoms with Gasteiger partial charge in [0.25, 0.3) is 5.91 Å². The van der Waals surface area contributed by atoms with Crippen LogP contribution in [0.5, 0.6) is 0 Å². The average molecular weight is 476 g/mol. The van der Waals surface area contributed by atoms with Gasteiger partial charge in [-0.25, -0.2) is 4.98 Å². The number of anilines is 2. The first kappa shape index (κ1) is 22.8. The molecule has 1 amide bonds. The summed E-state index contributed by atoms with van der Waals surface area (Å²) in [6.45, 7) is 1.52. The number of nitrogens with one attached hydrogen (secondary N) is 1. The Hall–Kier alpha value is -3.33. The van der Waals surface area contributed by atoms with Crippen LogP contribution < -0.4 is 11.1 Å². The van der Waals surface area contributed by atoms with Gasteiger partial charge in [0.15, 0.2) is 0 Å². The van der Waals surface area contributed by atoms with E-state index in [0.29, 0.717) is 23.5 Å². The van der Waals surface area contributed by atoms with Crippen LogP contribution in [0.1, 0.15) is 15.9 Å². The minimum Gasteiger partial charge on any atom is -0.398 e. The number of aromatic nitrogens is 1. The summed E-state index contributed by atoms with van der Waals surface area (Å²) < 4.78 is 0. The SMILES string of the molecule is CN(C)CCN=Cc1cc(NC(=O)c2cccc(-c3nccs3)c2)c(-c2ccsc2)cc1N. The van der Waals surface area contributed by atoms with Crippen molar-refractivity contribution in [2.24, 2.45) is 4.99 Å². The number of thiazole rings is 1. The second-order valence-corrected chi connectivity index (χ2v) is 9.42. The van der Waals surface area contributed by atoms with Gasteiger partial charge in [-0.1, -0.05) is 12.1 Å². The summed E-state index contributed by atoms with van der Waals surface area (Å²) in [4.78, 5) is 24.1. The van der Waals surface area contributed by atoms with Crippen molar-refractivity contribution in [1.29, 1.82) is 0 Å². The number of benzene rings is 2. The van der Waals surface area contributed by atoms with Crippen molar-refractivity contribution in [1.82, 2.24) is 9.88 Å². The van der Waals surface area contributed by atoms with E-state index < -0.39 is 0 Å². The number of nitrogen functional groups attached to an aromatic ring is 1. The first-order chi connectivity index (χ1) is 16.0. The monoisotopic (exact) mass is 475 g/mol. The molecular formula is C25H25N5OS2. The fraction of sp³-hybridized carbons (Fsp3) is 0.160. The Bertz CT molecular complexity index is 1250. The summed E-state index contributed by atoms with van der Waals surface area (Å²) in [5, 5.41) is 9.94. The van der Waals surface area contributed by atoms with Crippen LogP contribution in [-0.2, 0) is 0 Å². The van der Waals surface area contributed by atoms with Crippen molar-refractivity contribution in [3.63, 3.8) is 0 Å². The zero-order valence-corrected chi connectivity index (χ0v) is 20.1. The zero-order chi connectivity index (χ0) is 23.2. The molecule has 0 spiro atoms. The Morgan fingerprint density at radius 3 is 2.79 bits per heavy atom. The van der Waals surface area contributed by atoms with Crippen molar-refractivity contribution in [3.8, 4) is 21.7 Å². The number of nitrogens with zero attached hydrogens (tertiary/aromatic N) is 3. The lowest BCUT2D eigenvalue weighted by molar-refractivity contribution is 0.102. The molecule has 0 unspecified atom stereocenters. The summed E-state index contributed by atoms with van der Waals surface area (Å²) in [7, 11) is 4.02. The van der Waals surface area contributed by atoms with E-state index >= 15 is 0 Å². The first-order valence-electron chi connectivity index (χ1n) is 10.4. The highest BCUT2D eigenvalue weighted by Gasteiger charge is 2.15. The van der Waals surface area contributed by atoms with Crippen LogP contribution in [0.3, 0.4) is 0 Å². The first-order valence-corrected chi connectivity index (χ1v) is 12.3. The van der Waals surface area contributed by atoms with Gasteiger partial charge in [-0.15, -0.1) is 11.3 Å². The molecular weight excluding hydrogens is 450 g/mol. The molecule has 8 heteroatoms. The number of thiophene rings is 1. The van der Waals surface area contributed by atoms with Gasteiger partial charge in [-0.05, 0) is 60.8 Å². The zero-order valence-electron chi connectivity index (χ0n) is 18.5. The van der Waals surface area contributed by atoms with E-state index in [2.05, 4.69) is 20.2 Å². The predicted molar refractivity (Wildman–Crippen MR) is 141 cm³/mol. The molecule has 0 aliphatic heterocycles. The molecule has 0 bridgehead atoms. The Morgan fingerprint density at radius 2 is 2.06 bits per heavy atom. The molecule has 33 heavy (non-hydrogen) atoms. The van der Waals surface area contributed by atoms with Gasteiger partial charge in [-0.2, -0.15) is 11.3 Å². The molecule has 0 radical (unpaired) electrons. The Labute approximate surface area is 201 Å². The Balaban J connectivity index is 1.64. The van der Waals surface area contributed by atoms with Gasteiger partial charge in [0.05, 0.1) is 6.54 Å². The third kappa shape index (κ3) is 5.73. The van der Waals surface area contributed by atoms with Gasteiger partial charge >= 0.3 is 0 Å². The number of carbonyl (C=O) groups is 1. The molecule has 2 aromatic carbocycles. The van der Waals surface area contributed by atoms with E-state index in [1.54, 1.807) is 41.2 Å². The molecule has 0 fully saturated rings. The molecule has 0 saturated carbocycles. The number of amides is 1. The topological polar surface area (TPSA) is 83.6 Å². The molecule has 3 N–H and O–H groups in total. The van der Waals surface area contributed by atoms with E-state index in [4.69, 9.17) is 5.73 Å².